The molecule has 0 saturated heterocycles. The molecule has 2 heterocycles. The first-order valence-electron chi connectivity index (χ1n) is 12.3. The summed E-state index contributed by atoms with van der Waals surface area (Å²) in [5.74, 6) is 1.28. The summed E-state index contributed by atoms with van der Waals surface area (Å²) >= 11 is 0. The minimum Gasteiger partial charge on any atom is -0.487 e. The lowest BCUT2D eigenvalue weighted by molar-refractivity contribution is -0.149. The molecule has 2 aliphatic heterocycles. The van der Waals surface area contributed by atoms with Gasteiger partial charge in [-0.1, -0.05) is 31.4 Å². The zero-order valence-corrected chi connectivity index (χ0v) is 19.5. The van der Waals surface area contributed by atoms with E-state index in [1.165, 1.54) is 5.57 Å². The fraction of sp³-hybridized carbons (Fsp3) is 0.667. The van der Waals surface area contributed by atoms with E-state index >= 15 is 0 Å². The van der Waals surface area contributed by atoms with Gasteiger partial charge < -0.3 is 14.2 Å². The second-order valence-electron chi connectivity index (χ2n) is 10.6. The van der Waals surface area contributed by atoms with Gasteiger partial charge in [-0.05, 0) is 70.9 Å². The lowest BCUT2D eigenvalue weighted by Gasteiger charge is -2.48. The fourth-order valence-electron chi connectivity index (χ4n) is 6.23. The van der Waals surface area contributed by atoms with Crippen LogP contribution in [0.2, 0.25) is 0 Å². The van der Waals surface area contributed by atoms with Crippen molar-refractivity contribution in [3.8, 4) is 11.5 Å². The van der Waals surface area contributed by atoms with Crippen molar-refractivity contribution in [2.45, 2.75) is 109 Å². The Bertz CT molecular complexity index is 920. The maximum absolute atomic E-state index is 13.4. The van der Waals surface area contributed by atoms with Crippen molar-refractivity contribution in [2.75, 3.05) is 0 Å². The van der Waals surface area contributed by atoms with Crippen LogP contribution in [0.4, 0.5) is 0 Å². The van der Waals surface area contributed by atoms with E-state index in [9.17, 15) is 4.79 Å². The Morgan fingerprint density at radius 1 is 1.10 bits per heavy atom. The third-order valence-corrected chi connectivity index (χ3v) is 7.90. The van der Waals surface area contributed by atoms with Gasteiger partial charge in [0.25, 0.3) is 5.79 Å². The first-order valence-corrected chi connectivity index (χ1v) is 12.3. The molecule has 4 nitrogen and oxygen atoms in total. The van der Waals surface area contributed by atoms with Crippen LogP contribution in [0.5, 0.6) is 11.5 Å². The van der Waals surface area contributed by atoms with E-state index in [1.54, 1.807) is 0 Å². The second kappa shape index (κ2) is 7.56. The van der Waals surface area contributed by atoms with Crippen LogP contribution in [0, 0.1) is 5.92 Å². The summed E-state index contributed by atoms with van der Waals surface area (Å²) in [6, 6.07) is 2.12. The van der Waals surface area contributed by atoms with Crippen LogP contribution in [-0.2, 0) is 11.2 Å². The minimum atomic E-state index is -0.782. The van der Waals surface area contributed by atoms with Gasteiger partial charge in [-0.3, -0.25) is 0 Å². The van der Waals surface area contributed by atoms with E-state index in [4.69, 9.17) is 14.2 Å². The molecule has 4 aliphatic rings. The highest BCUT2D eigenvalue weighted by Crippen LogP contribution is 2.57. The Morgan fingerprint density at radius 2 is 1.87 bits per heavy atom. The van der Waals surface area contributed by atoms with Crippen LogP contribution in [0.25, 0.3) is 0 Å². The monoisotopic (exact) mass is 424 g/mol. The Kier molecular flexibility index (Phi) is 5.10. The quantitative estimate of drug-likeness (QED) is 0.301. The van der Waals surface area contributed by atoms with Crippen molar-refractivity contribution in [1.82, 2.24) is 0 Å². The number of rotatable bonds is 4. The summed E-state index contributed by atoms with van der Waals surface area (Å²) in [6.45, 7) is 8.85. The largest absolute Gasteiger partial charge is 0.487 e. The topological polar surface area (TPSA) is 44.8 Å². The maximum Gasteiger partial charge on any atom is 0.345 e. The Labute approximate surface area is 186 Å². The number of ether oxygens (including phenoxy) is 3. The van der Waals surface area contributed by atoms with E-state index in [1.807, 2.05) is 0 Å². The summed E-state index contributed by atoms with van der Waals surface area (Å²) in [5, 5.41) is 0. The average molecular weight is 425 g/mol. The number of hydrogen-bond acceptors (Lipinski definition) is 4. The van der Waals surface area contributed by atoms with Crippen LogP contribution in [0.1, 0.15) is 113 Å². The van der Waals surface area contributed by atoms with E-state index in [-0.39, 0.29) is 17.5 Å². The Hall–Kier alpha value is -1.97. The third kappa shape index (κ3) is 3.47. The molecule has 4 heteroatoms. The van der Waals surface area contributed by atoms with Gasteiger partial charge in [-0.15, -0.1) is 0 Å². The molecule has 1 spiro atoms. The Morgan fingerprint density at radius 3 is 2.61 bits per heavy atom. The number of allylic oxidation sites excluding steroid dienone is 2. The summed E-state index contributed by atoms with van der Waals surface area (Å²) < 4.78 is 19.3. The first kappa shape index (κ1) is 20.9. The van der Waals surface area contributed by atoms with Crippen molar-refractivity contribution in [3.63, 3.8) is 0 Å². The van der Waals surface area contributed by atoms with E-state index in [0.29, 0.717) is 11.5 Å². The van der Waals surface area contributed by atoms with Gasteiger partial charge in [0, 0.05) is 30.2 Å². The van der Waals surface area contributed by atoms with Gasteiger partial charge in [0.1, 0.15) is 22.7 Å². The van der Waals surface area contributed by atoms with E-state index in [0.717, 1.165) is 86.8 Å². The lowest BCUT2D eigenvalue weighted by atomic mass is 9.67. The number of unbranched alkanes of at least 4 members (excludes halogenated alkanes) is 2. The second-order valence-corrected chi connectivity index (χ2v) is 10.6. The molecule has 0 bridgehead atoms. The summed E-state index contributed by atoms with van der Waals surface area (Å²) in [7, 11) is 0. The molecule has 5 rings (SSSR count). The summed E-state index contributed by atoms with van der Waals surface area (Å²) in [4.78, 5) is 13.4. The van der Waals surface area contributed by atoms with Crippen molar-refractivity contribution < 1.29 is 19.0 Å². The summed E-state index contributed by atoms with van der Waals surface area (Å²) in [6.07, 6.45) is 12.4. The zero-order valence-electron chi connectivity index (χ0n) is 19.5. The van der Waals surface area contributed by atoms with Gasteiger partial charge >= 0.3 is 5.97 Å². The Balaban J connectivity index is 1.69. The van der Waals surface area contributed by atoms with Crippen LogP contribution >= 0.6 is 0 Å². The standard InChI is InChI=1S/C27H36O4/c1-5-6-7-10-18-16-21-23(19-15-17(2)11-12-20(19)26(3,4)29-21)24-22(18)25(28)31-27(30-24)13-8-9-14-27/h15-16,19-20H,5-14H2,1-4H3. The zero-order chi connectivity index (χ0) is 21.8. The number of carbonyl (C=O) groups excluding carboxylic acids is 1. The number of fused-ring (bicyclic) bond motifs is 5. The molecule has 31 heavy (non-hydrogen) atoms. The van der Waals surface area contributed by atoms with Crippen molar-refractivity contribution >= 4 is 5.97 Å². The molecule has 2 atom stereocenters. The molecule has 0 N–H and O–H groups in total. The molecule has 1 aromatic carbocycles. The molecule has 1 fully saturated rings. The van der Waals surface area contributed by atoms with Crippen molar-refractivity contribution in [3.05, 3.63) is 34.4 Å². The van der Waals surface area contributed by atoms with E-state index in [2.05, 4.69) is 39.8 Å². The molecule has 1 saturated carbocycles. The van der Waals surface area contributed by atoms with Gasteiger partial charge in [0.05, 0.1) is 0 Å². The lowest BCUT2D eigenvalue weighted by Crippen LogP contribution is -2.47. The first-order chi connectivity index (χ1) is 14.8. The molecule has 168 valence electrons. The number of hydrogen-bond donors (Lipinski definition) is 0. The number of carbonyl (C=O) groups is 1. The fourth-order valence-corrected chi connectivity index (χ4v) is 6.23. The minimum absolute atomic E-state index is 0.199. The molecular formula is C27H36O4. The number of benzene rings is 1. The molecule has 0 aromatic heterocycles. The number of aryl methyl sites for hydroxylation is 1. The average Bonchev–Trinajstić information content (AvgIpc) is 3.14. The number of esters is 1. The molecule has 2 unspecified atom stereocenters. The van der Waals surface area contributed by atoms with Crippen LogP contribution in [0.3, 0.4) is 0 Å². The molecular weight excluding hydrogens is 388 g/mol. The maximum atomic E-state index is 13.4. The van der Waals surface area contributed by atoms with Gasteiger partial charge in [0.2, 0.25) is 0 Å². The normalized spacial score (nSPS) is 27.4. The van der Waals surface area contributed by atoms with Gasteiger partial charge in [-0.2, -0.15) is 0 Å². The highest BCUT2D eigenvalue weighted by molar-refractivity contribution is 5.97. The van der Waals surface area contributed by atoms with Crippen LogP contribution < -0.4 is 9.47 Å². The smallest absolute Gasteiger partial charge is 0.345 e. The van der Waals surface area contributed by atoms with Gasteiger partial charge in [-0.25, -0.2) is 4.79 Å². The summed E-state index contributed by atoms with van der Waals surface area (Å²) in [5.41, 5.74) is 3.93. The molecule has 1 aromatic rings. The molecule has 0 amide bonds. The van der Waals surface area contributed by atoms with E-state index < -0.39 is 5.79 Å². The van der Waals surface area contributed by atoms with Crippen LogP contribution in [-0.4, -0.2) is 17.4 Å². The van der Waals surface area contributed by atoms with Gasteiger partial charge in [0.15, 0.2) is 0 Å². The van der Waals surface area contributed by atoms with Crippen LogP contribution in [0.15, 0.2) is 17.7 Å². The molecule has 2 aliphatic carbocycles. The predicted octanol–water partition coefficient (Wildman–Crippen LogP) is 6.85. The van der Waals surface area contributed by atoms with Crippen molar-refractivity contribution in [2.24, 2.45) is 5.92 Å². The highest BCUT2D eigenvalue weighted by Gasteiger charge is 2.51. The highest BCUT2D eigenvalue weighted by atomic mass is 16.7. The SMILES string of the molecule is CCCCCc1cc2c(c3c1C(=O)OC1(CCCC1)O3)C1C=C(C)CCC1C(C)(C)O2. The molecule has 0 radical (unpaired) electrons. The third-order valence-electron chi connectivity index (χ3n) is 7.90. The predicted molar refractivity (Wildman–Crippen MR) is 121 cm³/mol. The van der Waals surface area contributed by atoms with Crippen molar-refractivity contribution in [1.29, 1.82) is 0 Å².